The zero-order valence-electron chi connectivity index (χ0n) is 14.1. The molecule has 4 rings (SSSR count). The zero-order chi connectivity index (χ0) is 17.4. The molecule has 0 bridgehead atoms. The summed E-state index contributed by atoms with van der Waals surface area (Å²) in [6.07, 6.45) is 4.91. The van der Waals surface area contributed by atoms with Gasteiger partial charge in [0.15, 0.2) is 0 Å². The molecular weight excluding hydrogens is 318 g/mol. The van der Waals surface area contributed by atoms with Gasteiger partial charge in [-0.3, -0.25) is 9.89 Å². The standard InChI is InChI=1S/C18H19N5O2/c1-10(2)18-22-16(23-25-18)12-3-5-14-11(7-12)4-6-15(14)21-17(24)13-8-19-20-9-13/h3,5,7-10,15H,4,6H2,1-2H3,(H,19,20)(H,21,24). The highest BCUT2D eigenvalue weighted by atomic mass is 16.5. The first-order valence-corrected chi connectivity index (χ1v) is 8.38. The summed E-state index contributed by atoms with van der Waals surface area (Å²) in [5, 5.41) is 13.6. The molecule has 0 fully saturated rings. The van der Waals surface area contributed by atoms with Crippen molar-refractivity contribution in [3.63, 3.8) is 0 Å². The van der Waals surface area contributed by atoms with Crippen LogP contribution in [0.1, 0.15) is 59.6 Å². The molecule has 1 aromatic carbocycles. The molecule has 7 heteroatoms. The summed E-state index contributed by atoms with van der Waals surface area (Å²) in [7, 11) is 0. The number of fused-ring (bicyclic) bond motifs is 1. The van der Waals surface area contributed by atoms with E-state index in [0.29, 0.717) is 17.3 Å². The van der Waals surface area contributed by atoms with Crippen LogP contribution in [0.3, 0.4) is 0 Å². The Morgan fingerprint density at radius 1 is 1.40 bits per heavy atom. The Morgan fingerprint density at radius 2 is 2.28 bits per heavy atom. The first kappa shape index (κ1) is 15.6. The van der Waals surface area contributed by atoms with Gasteiger partial charge in [-0.15, -0.1) is 0 Å². The molecule has 7 nitrogen and oxygen atoms in total. The number of aromatic amines is 1. The monoisotopic (exact) mass is 337 g/mol. The number of nitrogens with one attached hydrogen (secondary N) is 2. The van der Waals surface area contributed by atoms with Crippen molar-refractivity contribution in [2.45, 2.75) is 38.6 Å². The van der Waals surface area contributed by atoms with E-state index in [0.717, 1.165) is 24.0 Å². The lowest BCUT2D eigenvalue weighted by Gasteiger charge is -2.13. The number of carbonyl (C=O) groups excluding carboxylic acids is 1. The predicted molar refractivity (Wildman–Crippen MR) is 90.9 cm³/mol. The fourth-order valence-electron chi connectivity index (χ4n) is 3.11. The smallest absolute Gasteiger partial charge is 0.254 e. The molecule has 0 radical (unpaired) electrons. The molecule has 1 aliphatic carbocycles. The third-order valence-corrected chi connectivity index (χ3v) is 4.48. The Hall–Kier alpha value is -2.96. The maximum Gasteiger partial charge on any atom is 0.254 e. The van der Waals surface area contributed by atoms with E-state index in [2.05, 4.69) is 31.7 Å². The summed E-state index contributed by atoms with van der Waals surface area (Å²) in [5.41, 5.74) is 3.84. The van der Waals surface area contributed by atoms with Gasteiger partial charge in [-0.05, 0) is 30.0 Å². The minimum Gasteiger partial charge on any atom is -0.345 e. The van der Waals surface area contributed by atoms with Gasteiger partial charge in [0.1, 0.15) is 0 Å². The van der Waals surface area contributed by atoms with Crippen molar-refractivity contribution >= 4 is 5.91 Å². The fourth-order valence-corrected chi connectivity index (χ4v) is 3.11. The van der Waals surface area contributed by atoms with Crippen LogP contribution >= 0.6 is 0 Å². The van der Waals surface area contributed by atoms with E-state index >= 15 is 0 Å². The Kier molecular flexibility index (Phi) is 3.83. The van der Waals surface area contributed by atoms with E-state index < -0.39 is 0 Å². The average Bonchev–Trinajstić information content (AvgIpc) is 3.35. The minimum atomic E-state index is -0.115. The molecule has 2 heterocycles. The number of H-pyrrole nitrogens is 1. The number of nitrogens with zero attached hydrogens (tertiary/aromatic N) is 3. The highest BCUT2D eigenvalue weighted by Gasteiger charge is 2.25. The number of aromatic nitrogens is 4. The number of amides is 1. The summed E-state index contributed by atoms with van der Waals surface area (Å²) < 4.78 is 5.29. The fraction of sp³-hybridized carbons (Fsp3) is 0.333. The molecule has 0 aliphatic heterocycles. The van der Waals surface area contributed by atoms with Crippen molar-refractivity contribution in [3.8, 4) is 11.4 Å². The summed E-state index contributed by atoms with van der Waals surface area (Å²) in [6.45, 7) is 4.04. The van der Waals surface area contributed by atoms with Crippen LogP contribution in [0.4, 0.5) is 0 Å². The third-order valence-electron chi connectivity index (χ3n) is 4.48. The van der Waals surface area contributed by atoms with Crippen molar-refractivity contribution in [1.82, 2.24) is 25.7 Å². The molecule has 1 unspecified atom stereocenters. The van der Waals surface area contributed by atoms with Crippen molar-refractivity contribution in [2.24, 2.45) is 0 Å². The highest BCUT2D eigenvalue weighted by molar-refractivity contribution is 5.94. The molecule has 0 spiro atoms. The molecular formula is C18H19N5O2. The summed E-state index contributed by atoms with van der Waals surface area (Å²) in [6, 6.07) is 6.14. The summed E-state index contributed by atoms with van der Waals surface area (Å²) >= 11 is 0. The van der Waals surface area contributed by atoms with Crippen LogP contribution in [0.15, 0.2) is 35.1 Å². The van der Waals surface area contributed by atoms with Crippen molar-refractivity contribution in [3.05, 3.63) is 53.2 Å². The van der Waals surface area contributed by atoms with Gasteiger partial charge in [0, 0.05) is 17.7 Å². The second kappa shape index (κ2) is 6.16. The van der Waals surface area contributed by atoms with Gasteiger partial charge in [-0.2, -0.15) is 10.1 Å². The van der Waals surface area contributed by atoms with Crippen LogP contribution in [0.25, 0.3) is 11.4 Å². The maximum atomic E-state index is 12.2. The largest absolute Gasteiger partial charge is 0.345 e. The normalized spacial score (nSPS) is 16.2. The second-order valence-corrected chi connectivity index (χ2v) is 6.58. The van der Waals surface area contributed by atoms with Crippen LogP contribution < -0.4 is 5.32 Å². The summed E-state index contributed by atoms with van der Waals surface area (Å²) in [5.74, 6) is 1.34. The molecule has 25 heavy (non-hydrogen) atoms. The van der Waals surface area contributed by atoms with Gasteiger partial charge in [-0.1, -0.05) is 31.1 Å². The molecule has 1 atom stereocenters. The van der Waals surface area contributed by atoms with Gasteiger partial charge in [-0.25, -0.2) is 0 Å². The van der Waals surface area contributed by atoms with Crippen LogP contribution in [0.2, 0.25) is 0 Å². The number of carbonyl (C=O) groups is 1. The topological polar surface area (TPSA) is 96.7 Å². The van der Waals surface area contributed by atoms with Gasteiger partial charge >= 0.3 is 0 Å². The van der Waals surface area contributed by atoms with Gasteiger partial charge in [0.25, 0.3) is 5.91 Å². The van der Waals surface area contributed by atoms with Gasteiger partial charge in [0.05, 0.1) is 17.8 Å². The molecule has 2 aromatic heterocycles. The Balaban J connectivity index is 1.54. The number of hydrogen-bond donors (Lipinski definition) is 2. The molecule has 3 aromatic rings. The van der Waals surface area contributed by atoms with Crippen molar-refractivity contribution in [2.75, 3.05) is 0 Å². The SMILES string of the molecule is CC(C)c1nc(-c2ccc3c(c2)CCC3NC(=O)c2cn[nH]c2)no1. The summed E-state index contributed by atoms with van der Waals surface area (Å²) in [4.78, 5) is 16.7. The minimum absolute atomic E-state index is 0.0166. The molecule has 0 saturated heterocycles. The van der Waals surface area contributed by atoms with E-state index in [1.165, 1.54) is 11.8 Å². The number of rotatable bonds is 4. The maximum absolute atomic E-state index is 12.2. The van der Waals surface area contributed by atoms with Crippen LogP contribution in [-0.2, 0) is 6.42 Å². The second-order valence-electron chi connectivity index (χ2n) is 6.58. The Bertz CT molecular complexity index is 898. The molecule has 2 N–H and O–H groups in total. The lowest BCUT2D eigenvalue weighted by atomic mass is 10.0. The lowest BCUT2D eigenvalue weighted by Crippen LogP contribution is -2.26. The molecule has 0 saturated carbocycles. The third kappa shape index (κ3) is 2.93. The Morgan fingerprint density at radius 3 is 3.00 bits per heavy atom. The highest BCUT2D eigenvalue weighted by Crippen LogP contribution is 2.34. The average molecular weight is 337 g/mol. The van der Waals surface area contributed by atoms with E-state index in [1.54, 1.807) is 6.20 Å². The van der Waals surface area contributed by atoms with Crippen molar-refractivity contribution in [1.29, 1.82) is 0 Å². The van der Waals surface area contributed by atoms with Crippen LogP contribution in [0, 0.1) is 0 Å². The quantitative estimate of drug-likeness (QED) is 0.763. The van der Waals surface area contributed by atoms with Crippen LogP contribution in [-0.4, -0.2) is 26.2 Å². The van der Waals surface area contributed by atoms with E-state index in [4.69, 9.17) is 4.52 Å². The zero-order valence-corrected chi connectivity index (χ0v) is 14.1. The lowest BCUT2D eigenvalue weighted by molar-refractivity contribution is 0.0937. The van der Waals surface area contributed by atoms with E-state index in [-0.39, 0.29) is 17.9 Å². The van der Waals surface area contributed by atoms with E-state index in [1.807, 2.05) is 26.0 Å². The van der Waals surface area contributed by atoms with Crippen molar-refractivity contribution < 1.29 is 9.32 Å². The van der Waals surface area contributed by atoms with E-state index in [9.17, 15) is 4.79 Å². The molecule has 128 valence electrons. The van der Waals surface area contributed by atoms with Crippen LogP contribution in [0.5, 0.6) is 0 Å². The number of benzene rings is 1. The number of hydrogen-bond acceptors (Lipinski definition) is 5. The molecule has 1 aliphatic rings. The predicted octanol–water partition coefficient (Wildman–Crippen LogP) is 3.00. The first-order chi connectivity index (χ1) is 12.1. The number of aryl methyl sites for hydroxylation is 1. The Labute approximate surface area is 144 Å². The first-order valence-electron chi connectivity index (χ1n) is 8.38. The van der Waals surface area contributed by atoms with Gasteiger partial charge in [0.2, 0.25) is 11.7 Å². The molecule has 1 amide bonds. The van der Waals surface area contributed by atoms with Gasteiger partial charge < -0.3 is 9.84 Å².